The Hall–Kier alpha value is 0.810. The third kappa shape index (κ3) is 6.40. The summed E-state index contributed by atoms with van der Waals surface area (Å²) < 4.78 is 0. The van der Waals surface area contributed by atoms with Gasteiger partial charge in [0.1, 0.15) is 0 Å². The molecule has 0 heterocycles. The Kier molecular flexibility index (Phi) is 9.34. The topological polar surface area (TPSA) is 58.1 Å². The molecule has 7 heteroatoms. The van der Waals surface area contributed by atoms with Crippen LogP contribution in [-0.2, 0) is 11.8 Å². The van der Waals surface area contributed by atoms with Gasteiger partial charge in [0.05, 0.1) is 0 Å². The maximum atomic E-state index is 11.1. The maximum Gasteiger partial charge on any atom is 1.00 e. The van der Waals surface area contributed by atoms with Crippen LogP contribution in [0.1, 0.15) is 0 Å². The first kappa shape index (κ1) is 19.8. The molecule has 0 bridgehead atoms. The summed E-state index contributed by atoms with van der Waals surface area (Å²) in [5.41, 5.74) is 1.77. The van der Waals surface area contributed by atoms with E-state index in [-0.39, 0.29) is 64.4 Å². The van der Waals surface area contributed by atoms with Gasteiger partial charge in [0.15, 0.2) is 0 Å². The molecular weight excluding hydrogens is 299 g/mol. The fraction of sp³-hybridized carbons (Fsp3) is 0. The van der Waals surface area contributed by atoms with Gasteiger partial charge >= 0.3 is 59.1 Å². The van der Waals surface area contributed by atoms with E-state index in [0.29, 0.717) is 0 Å². The van der Waals surface area contributed by atoms with E-state index in [1.165, 1.54) is 12.1 Å². The Morgan fingerprint density at radius 3 is 1.74 bits per heavy atom. The normalized spacial score (nSPS) is 10.0. The number of hydrogen-bond acceptors (Lipinski definition) is 4. The third-order valence-corrected chi connectivity index (χ3v) is 3.81. The molecule has 0 aromatic heterocycles. The van der Waals surface area contributed by atoms with Crippen LogP contribution in [-0.4, -0.2) is 0 Å². The second kappa shape index (κ2) is 8.96. The SMILES string of the molecule is [Na+].[Na+].[O-]P([O-])(=S)c1ccc(Nc2ccccc2)cc1. The number of anilines is 2. The van der Waals surface area contributed by atoms with Gasteiger partial charge in [-0.25, -0.2) is 0 Å². The summed E-state index contributed by atoms with van der Waals surface area (Å²) in [7, 11) is 0. The van der Waals surface area contributed by atoms with E-state index in [1.807, 2.05) is 30.3 Å². The van der Waals surface area contributed by atoms with Gasteiger partial charge in [-0.3, -0.25) is 0 Å². The monoisotopic (exact) mass is 309 g/mol. The molecule has 0 amide bonds. The average Bonchev–Trinajstić information content (AvgIpc) is 2.30. The van der Waals surface area contributed by atoms with Crippen molar-refractivity contribution in [2.45, 2.75) is 0 Å². The van der Waals surface area contributed by atoms with Crippen molar-refractivity contribution in [3.8, 4) is 0 Å². The summed E-state index contributed by atoms with van der Waals surface area (Å²) in [5.74, 6) is 0. The van der Waals surface area contributed by atoms with Gasteiger partial charge in [-0.2, -0.15) is 6.49 Å². The van der Waals surface area contributed by atoms with Crippen LogP contribution in [0.4, 0.5) is 11.4 Å². The molecule has 0 fully saturated rings. The standard InChI is InChI=1S/C12H12NO2PS.2Na/c14-16(15,17)12-8-6-11(7-9-12)13-10-4-2-1-3-5-10;;/h1-9,13H,(H2,14,15,17);;/q;2*+1/p-2. The molecule has 19 heavy (non-hydrogen) atoms. The minimum absolute atomic E-state index is 0. The first-order valence-electron chi connectivity index (χ1n) is 5.00. The Morgan fingerprint density at radius 1 is 0.789 bits per heavy atom. The number of hydrogen-bond donors (Lipinski definition) is 1. The van der Waals surface area contributed by atoms with E-state index in [0.717, 1.165) is 11.4 Å². The largest absolute Gasteiger partial charge is 1.00 e. The van der Waals surface area contributed by atoms with Gasteiger partial charge in [0.2, 0.25) is 0 Å². The molecule has 0 aliphatic carbocycles. The van der Waals surface area contributed by atoms with Crippen molar-refractivity contribution in [3.05, 3.63) is 54.6 Å². The van der Waals surface area contributed by atoms with Gasteiger partial charge in [-0.15, -0.1) is 11.8 Å². The van der Waals surface area contributed by atoms with Crippen molar-refractivity contribution in [1.82, 2.24) is 0 Å². The quantitative estimate of drug-likeness (QED) is 0.456. The summed E-state index contributed by atoms with van der Waals surface area (Å²) in [5, 5.41) is 3.33. The van der Waals surface area contributed by atoms with Crippen molar-refractivity contribution >= 4 is 35.0 Å². The van der Waals surface area contributed by atoms with Gasteiger partial charge in [0, 0.05) is 11.4 Å². The average molecular weight is 309 g/mol. The van der Waals surface area contributed by atoms with Crippen LogP contribution in [0.3, 0.4) is 0 Å². The minimum atomic E-state index is -3.81. The van der Waals surface area contributed by atoms with E-state index in [2.05, 4.69) is 17.1 Å². The molecule has 0 radical (unpaired) electrons. The summed E-state index contributed by atoms with van der Waals surface area (Å²) >= 11 is 4.40. The van der Waals surface area contributed by atoms with Crippen molar-refractivity contribution < 1.29 is 68.9 Å². The summed E-state index contributed by atoms with van der Waals surface area (Å²) in [4.78, 5) is 22.2. The Balaban J connectivity index is 0.00000162. The van der Waals surface area contributed by atoms with Crippen LogP contribution in [0.2, 0.25) is 0 Å². The van der Waals surface area contributed by atoms with Crippen LogP contribution in [0, 0.1) is 0 Å². The molecule has 3 nitrogen and oxygen atoms in total. The second-order valence-corrected chi connectivity index (χ2v) is 6.49. The van der Waals surface area contributed by atoms with Crippen LogP contribution in [0.5, 0.6) is 0 Å². The fourth-order valence-corrected chi connectivity index (χ4v) is 2.29. The smallest absolute Gasteiger partial charge is 0.829 e. The number of benzene rings is 2. The molecule has 0 unspecified atom stereocenters. The van der Waals surface area contributed by atoms with E-state index in [9.17, 15) is 9.79 Å². The zero-order valence-corrected chi connectivity index (χ0v) is 16.6. The first-order chi connectivity index (χ1) is 8.05. The van der Waals surface area contributed by atoms with Gasteiger partial charge in [-0.05, 0) is 29.6 Å². The van der Waals surface area contributed by atoms with Crippen molar-refractivity contribution in [2.24, 2.45) is 0 Å². The van der Waals surface area contributed by atoms with E-state index >= 15 is 0 Å². The van der Waals surface area contributed by atoms with Crippen LogP contribution in [0.25, 0.3) is 0 Å². The predicted octanol–water partition coefficient (Wildman–Crippen LogP) is -4.91. The second-order valence-electron chi connectivity index (χ2n) is 3.54. The molecule has 0 saturated heterocycles. The molecular formula is C12H10NNa2O2PS. The number of nitrogens with one attached hydrogen (secondary N) is 1. The predicted molar refractivity (Wildman–Crippen MR) is 70.1 cm³/mol. The molecule has 2 aromatic rings. The van der Waals surface area contributed by atoms with Gasteiger partial charge in [-0.1, -0.05) is 30.3 Å². The summed E-state index contributed by atoms with van der Waals surface area (Å²) in [6, 6.07) is 16.0. The maximum absolute atomic E-state index is 11.1. The zero-order chi connectivity index (χ0) is 12.3. The van der Waals surface area contributed by atoms with Gasteiger partial charge < -0.3 is 15.1 Å². The van der Waals surface area contributed by atoms with Crippen molar-refractivity contribution in [1.29, 1.82) is 0 Å². The van der Waals surface area contributed by atoms with E-state index < -0.39 is 6.49 Å². The molecule has 0 spiro atoms. The fourth-order valence-electron chi connectivity index (χ4n) is 1.42. The molecule has 0 atom stereocenters. The van der Waals surface area contributed by atoms with Crippen LogP contribution >= 0.6 is 6.49 Å². The third-order valence-electron chi connectivity index (χ3n) is 2.25. The Bertz CT molecular complexity index is 545. The molecule has 1 N–H and O–H groups in total. The van der Waals surface area contributed by atoms with Gasteiger partial charge in [0.25, 0.3) is 0 Å². The van der Waals surface area contributed by atoms with E-state index in [4.69, 9.17) is 0 Å². The Labute approximate surface area is 162 Å². The number of rotatable bonds is 3. The Morgan fingerprint density at radius 2 is 1.26 bits per heavy atom. The van der Waals surface area contributed by atoms with Crippen molar-refractivity contribution in [3.63, 3.8) is 0 Å². The molecule has 88 valence electrons. The molecule has 2 aromatic carbocycles. The van der Waals surface area contributed by atoms with Crippen LogP contribution in [0.15, 0.2) is 54.6 Å². The number of para-hydroxylation sites is 1. The first-order valence-corrected chi connectivity index (χ1v) is 7.64. The molecule has 0 saturated carbocycles. The summed E-state index contributed by atoms with van der Waals surface area (Å²) in [6.45, 7) is -3.81. The molecule has 0 aliphatic heterocycles. The van der Waals surface area contributed by atoms with Crippen molar-refractivity contribution in [2.75, 3.05) is 5.32 Å². The van der Waals surface area contributed by atoms with Crippen LogP contribution < -0.4 is 79.5 Å². The summed E-state index contributed by atoms with van der Waals surface area (Å²) in [6.07, 6.45) is 0. The molecule has 2 rings (SSSR count). The van der Waals surface area contributed by atoms with E-state index in [1.54, 1.807) is 12.1 Å². The minimum Gasteiger partial charge on any atom is -0.829 e. The molecule has 0 aliphatic rings. The zero-order valence-electron chi connectivity index (χ0n) is 10.9.